The number of carbonyl (C=O) groups is 1. The van der Waals surface area contributed by atoms with Crippen molar-refractivity contribution < 1.29 is 23.0 Å². The van der Waals surface area contributed by atoms with Crippen molar-refractivity contribution in [2.75, 3.05) is 13.1 Å². The summed E-state index contributed by atoms with van der Waals surface area (Å²) < 4.78 is 40.1. The Morgan fingerprint density at radius 2 is 1.87 bits per heavy atom. The van der Waals surface area contributed by atoms with Crippen molar-refractivity contribution in [3.05, 3.63) is 64.7 Å². The van der Waals surface area contributed by atoms with E-state index < -0.39 is 11.4 Å². The summed E-state index contributed by atoms with van der Waals surface area (Å²) in [5.74, 6) is -0.684. The van der Waals surface area contributed by atoms with Gasteiger partial charge in [0.1, 0.15) is 29.6 Å². The first-order chi connectivity index (χ1) is 14.7. The molecule has 7 heteroatoms. The number of nitriles is 1. The highest BCUT2D eigenvalue weighted by Gasteiger charge is 2.30. The average Bonchev–Trinajstić information content (AvgIpc) is 2.71. The van der Waals surface area contributed by atoms with Crippen molar-refractivity contribution in [1.82, 2.24) is 4.90 Å². The third-order valence-electron chi connectivity index (χ3n) is 5.13. The molecule has 1 amide bonds. The van der Waals surface area contributed by atoms with Crippen LogP contribution in [-0.4, -0.2) is 29.7 Å². The van der Waals surface area contributed by atoms with E-state index in [4.69, 9.17) is 14.7 Å². The minimum Gasteiger partial charge on any atom is -0.488 e. The summed E-state index contributed by atoms with van der Waals surface area (Å²) in [7, 11) is 0. The van der Waals surface area contributed by atoms with Crippen LogP contribution in [0.1, 0.15) is 56.2 Å². The van der Waals surface area contributed by atoms with Gasteiger partial charge < -0.3 is 14.4 Å². The zero-order valence-corrected chi connectivity index (χ0v) is 18.0. The molecule has 1 saturated heterocycles. The standard InChI is InChI=1S/C24H26F2N2O3/c1-24(2,3)31-23(29)28-11-9-17(10-12-28)22-19(25)5-4-6-21(22)30-15-18-8-7-16(14-27)13-20(18)26/h4-8,13,17H,9-12,15H2,1-3H3. The molecule has 1 aliphatic rings. The largest absolute Gasteiger partial charge is 0.488 e. The summed E-state index contributed by atoms with van der Waals surface area (Å²) in [6.45, 7) is 6.28. The average molecular weight is 428 g/mol. The molecular formula is C24H26F2N2O3. The third-order valence-corrected chi connectivity index (χ3v) is 5.13. The monoisotopic (exact) mass is 428 g/mol. The van der Waals surface area contributed by atoms with Gasteiger partial charge in [0.15, 0.2) is 0 Å². The van der Waals surface area contributed by atoms with Crippen LogP contribution in [0.15, 0.2) is 36.4 Å². The van der Waals surface area contributed by atoms with Crippen LogP contribution in [-0.2, 0) is 11.3 Å². The van der Waals surface area contributed by atoms with Gasteiger partial charge in [-0.2, -0.15) is 5.26 Å². The highest BCUT2D eigenvalue weighted by molar-refractivity contribution is 5.68. The maximum absolute atomic E-state index is 14.7. The molecule has 1 fully saturated rings. The minimum atomic E-state index is -0.568. The fourth-order valence-electron chi connectivity index (χ4n) is 3.61. The van der Waals surface area contributed by atoms with E-state index in [0.29, 0.717) is 37.2 Å². The van der Waals surface area contributed by atoms with Gasteiger partial charge in [-0.05, 0) is 63.8 Å². The van der Waals surface area contributed by atoms with E-state index in [1.807, 2.05) is 26.8 Å². The Morgan fingerprint density at radius 3 is 2.48 bits per heavy atom. The number of rotatable bonds is 4. The van der Waals surface area contributed by atoms with Gasteiger partial charge in [0, 0.05) is 24.2 Å². The van der Waals surface area contributed by atoms with E-state index in [2.05, 4.69) is 0 Å². The predicted molar refractivity (Wildman–Crippen MR) is 112 cm³/mol. The van der Waals surface area contributed by atoms with Crippen molar-refractivity contribution in [2.45, 2.75) is 51.7 Å². The van der Waals surface area contributed by atoms with Gasteiger partial charge in [0.2, 0.25) is 0 Å². The number of hydrogen-bond acceptors (Lipinski definition) is 4. The van der Waals surface area contributed by atoms with Crippen molar-refractivity contribution in [2.24, 2.45) is 0 Å². The lowest BCUT2D eigenvalue weighted by Crippen LogP contribution is -2.41. The number of benzene rings is 2. The van der Waals surface area contributed by atoms with Crippen LogP contribution >= 0.6 is 0 Å². The first-order valence-corrected chi connectivity index (χ1v) is 10.3. The van der Waals surface area contributed by atoms with Crippen LogP contribution in [0, 0.1) is 23.0 Å². The Balaban J connectivity index is 1.69. The van der Waals surface area contributed by atoms with E-state index in [1.54, 1.807) is 17.0 Å². The lowest BCUT2D eigenvalue weighted by atomic mass is 9.88. The van der Waals surface area contributed by atoms with Gasteiger partial charge >= 0.3 is 6.09 Å². The van der Waals surface area contributed by atoms with Crippen molar-refractivity contribution in [3.8, 4) is 11.8 Å². The summed E-state index contributed by atoms with van der Waals surface area (Å²) in [4.78, 5) is 13.9. The Kier molecular flexibility index (Phi) is 6.79. The zero-order valence-electron chi connectivity index (χ0n) is 18.0. The summed E-state index contributed by atoms with van der Waals surface area (Å²) in [6.07, 6.45) is 0.774. The molecule has 1 heterocycles. The molecule has 5 nitrogen and oxygen atoms in total. The van der Waals surface area contributed by atoms with Crippen molar-refractivity contribution in [1.29, 1.82) is 5.26 Å². The van der Waals surface area contributed by atoms with E-state index in [0.717, 1.165) is 6.07 Å². The Labute approximate surface area is 181 Å². The lowest BCUT2D eigenvalue weighted by molar-refractivity contribution is 0.0204. The predicted octanol–water partition coefficient (Wildman–Crippen LogP) is 5.53. The van der Waals surface area contributed by atoms with Crippen LogP contribution in [0.4, 0.5) is 13.6 Å². The number of halogens is 2. The highest BCUT2D eigenvalue weighted by atomic mass is 19.1. The Morgan fingerprint density at radius 1 is 1.16 bits per heavy atom. The molecule has 2 aromatic carbocycles. The van der Waals surface area contributed by atoms with Crippen LogP contribution in [0.5, 0.6) is 5.75 Å². The third kappa shape index (κ3) is 5.72. The second-order valence-corrected chi connectivity index (χ2v) is 8.60. The molecule has 0 unspecified atom stereocenters. The molecule has 0 saturated carbocycles. The molecule has 164 valence electrons. The highest BCUT2D eigenvalue weighted by Crippen LogP contribution is 2.37. The van der Waals surface area contributed by atoms with E-state index in [9.17, 15) is 13.6 Å². The SMILES string of the molecule is CC(C)(C)OC(=O)N1CCC(c2c(F)cccc2OCc2ccc(C#N)cc2F)CC1. The normalized spacial score (nSPS) is 14.8. The molecule has 0 aliphatic carbocycles. The first-order valence-electron chi connectivity index (χ1n) is 10.3. The topological polar surface area (TPSA) is 62.6 Å². The molecule has 31 heavy (non-hydrogen) atoms. The van der Waals surface area contributed by atoms with Gasteiger partial charge in [0.05, 0.1) is 11.6 Å². The summed E-state index contributed by atoms with van der Waals surface area (Å²) in [5, 5.41) is 8.86. The zero-order chi connectivity index (χ0) is 22.6. The summed E-state index contributed by atoms with van der Waals surface area (Å²) in [5.41, 5.74) is 0.389. The minimum absolute atomic E-state index is 0.0786. The molecule has 2 aromatic rings. The second-order valence-electron chi connectivity index (χ2n) is 8.60. The number of amides is 1. The number of ether oxygens (including phenoxy) is 2. The Bertz CT molecular complexity index is 987. The molecule has 0 N–H and O–H groups in total. The number of carbonyl (C=O) groups excluding carboxylic acids is 1. The number of likely N-dealkylation sites (tertiary alicyclic amines) is 1. The van der Waals surface area contributed by atoms with Crippen LogP contribution in [0.2, 0.25) is 0 Å². The second kappa shape index (κ2) is 9.34. The van der Waals surface area contributed by atoms with E-state index >= 15 is 0 Å². The van der Waals surface area contributed by atoms with Gasteiger partial charge in [-0.25, -0.2) is 13.6 Å². The van der Waals surface area contributed by atoms with Gasteiger partial charge in [0.25, 0.3) is 0 Å². The van der Waals surface area contributed by atoms with Gasteiger partial charge in [-0.3, -0.25) is 0 Å². The van der Waals surface area contributed by atoms with Crippen molar-refractivity contribution in [3.63, 3.8) is 0 Å². The number of hydrogen-bond donors (Lipinski definition) is 0. The first kappa shape index (κ1) is 22.5. The van der Waals surface area contributed by atoms with E-state index in [1.165, 1.54) is 18.2 Å². The quantitative estimate of drug-likeness (QED) is 0.642. The number of piperidine rings is 1. The molecule has 0 radical (unpaired) electrons. The number of nitrogens with zero attached hydrogens (tertiary/aromatic N) is 2. The fraction of sp³-hybridized carbons (Fsp3) is 0.417. The summed E-state index contributed by atoms with van der Waals surface area (Å²) in [6, 6.07) is 10.6. The van der Waals surface area contributed by atoms with E-state index in [-0.39, 0.29) is 35.6 Å². The molecule has 0 aromatic heterocycles. The molecule has 0 bridgehead atoms. The van der Waals surface area contributed by atoms with Gasteiger partial charge in [-0.1, -0.05) is 12.1 Å². The van der Waals surface area contributed by atoms with Crippen LogP contribution in [0.25, 0.3) is 0 Å². The lowest BCUT2D eigenvalue weighted by Gasteiger charge is -2.34. The smallest absolute Gasteiger partial charge is 0.410 e. The summed E-state index contributed by atoms with van der Waals surface area (Å²) >= 11 is 0. The molecule has 3 rings (SSSR count). The van der Waals surface area contributed by atoms with Crippen molar-refractivity contribution >= 4 is 6.09 Å². The van der Waals surface area contributed by atoms with Gasteiger partial charge in [-0.15, -0.1) is 0 Å². The Hall–Kier alpha value is -3.14. The molecular weight excluding hydrogens is 402 g/mol. The van der Waals surface area contributed by atoms with Crippen LogP contribution in [0.3, 0.4) is 0 Å². The fourth-order valence-corrected chi connectivity index (χ4v) is 3.61. The maximum Gasteiger partial charge on any atom is 0.410 e. The maximum atomic E-state index is 14.7. The molecule has 0 spiro atoms. The molecule has 0 atom stereocenters. The van der Waals surface area contributed by atoms with Crippen LogP contribution < -0.4 is 4.74 Å². The molecule has 1 aliphatic heterocycles.